The minimum Gasteiger partial charge on any atom is -0.385 e. The van der Waals surface area contributed by atoms with Crippen LogP contribution in [0.4, 0.5) is 5.69 Å². The Labute approximate surface area is 151 Å². The number of amides is 2. The largest absolute Gasteiger partial charge is 0.385 e. The monoisotopic (exact) mass is 359 g/mol. The SMILES string of the molecule is COCCCN1C(=O)C(c2ccc([N+](=O)[O-])cc2)=C(N2CCCC2)C1=O. The lowest BCUT2D eigenvalue weighted by Gasteiger charge is -2.20. The molecule has 2 amide bonds. The fourth-order valence-electron chi connectivity index (χ4n) is 3.38. The zero-order chi connectivity index (χ0) is 18.7. The van der Waals surface area contributed by atoms with Gasteiger partial charge in [-0.15, -0.1) is 0 Å². The zero-order valence-corrected chi connectivity index (χ0v) is 14.6. The summed E-state index contributed by atoms with van der Waals surface area (Å²) in [5.41, 5.74) is 1.24. The van der Waals surface area contributed by atoms with Crippen LogP contribution in [0, 0.1) is 10.1 Å². The summed E-state index contributed by atoms with van der Waals surface area (Å²) in [6.45, 7) is 2.22. The molecule has 1 aromatic carbocycles. The maximum absolute atomic E-state index is 12.9. The summed E-state index contributed by atoms with van der Waals surface area (Å²) in [5.74, 6) is -0.636. The number of carbonyl (C=O) groups excluding carboxylic acids is 2. The van der Waals surface area contributed by atoms with Gasteiger partial charge in [0.05, 0.1) is 10.5 Å². The van der Waals surface area contributed by atoms with Crippen LogP contribution >= 0.6 is 0 Å². The van der Waals surface area contributed by atoms with E-state index < -0.39 is 4.92 Å². The Morgan fingerprint density at radius 1 is 1.12 bits per heavy atom. The van der Waals surface area contributed by atoms with Crippen LogP contribution in [0.25, 0.3) is 5.57 Å². The highest BCUT2D eigenvalue weighted by molar-refractivity contribution is 6.35. The molecule has 1 aromatic rings. The molecule has 0 radical (unpaired) electrons. The molecule has 0 atom stereocenters. The highest BCUT2D eigenvalue weighted by Crippen LogP contribution is 2.34. The van der Waals surface area contributed by atoms with E-state index in [1.54, 1.807) is 7.11 Å². The molecule has 26 heavy (non-hydrogen) atoms. The van der Waals surface area contributed by atoms with Crippen LogP contribution in [0.2, 0.25) is 0 Å². The van der Waals surface area contributed by atoms with Gasteiger partial charge in [-0.3, -0.25) is 24.6 Å². The lowest BCUT2D eigenvalue weighted by molar-refractivity contribution is -0.384. The number of non-ortho nitro benzene ring substituents is 1. The van der Waals surface area contributed by atoms with E-state index in [9.17, 15) is 19.7 Å². The standard InChI is InChI=1S/C18H21N3O5/c1-26-12-4-11-20-17(22)15(13-5-7-14(8-6-13)21(24)25)16(18(20)23)19-9-2-3-10-19/h5-8H,2-4,9-12H2,1H3. The summed E-state index contributed by atoms with van der Waals surface area (Å²) in [6.07, 6.45) is 2.51. The van der Waals surface area contributed by atoms with Gasteiger partial charge >= 0.3 is 0 Å². The van der Waals surface area contributed by atoms with Gasteiger partial charge in [-0.2, -0.15) is 0 Å². The number of carbonyl (C=O) groups is 2. The topological polar surface area (TPSA) is 93.0 Å². The van der Waals surface area contributed by atoms with Gasteiger partial charge in [0.2, 0.25) is 0 Å². The molecule has 0 saturated carbocycles. The van der Waals surface area contributed by atoms with E-state index in [4.69, 9.17) is 4.74 Å². The summed E-state index contributed by atoms with van der Waals surface area (Å²) in [5, 5.41) is 10.9. The van der Waals surface area contributed by atoms with Gasteiger partial charge in [0, 0.05) is 45.5 Å². The number of nitro groups is 1. The average molecular weight is 359 g/mol. The van der Waals surface area contributed by atoms with Crippen LogP contribution in [0.3, 0.4) is 0 Å². The third kappa shape index (κ3) is 3.32. The molecule has 8 heteroatoms. The molecule has 0 aromatic heterocycles. The van der Waals surface area contributed by atoms with E-state index in [-0.39, 0.29) is 17.5 Å². The van der Waals surface area contributed by atoms with E-state index in [1.807, 2.05) is 4.90 Å². The first kappa shape index (κ1) is 18.1. The van der Waals surface area contributed by atoms with Gasteiger partial charge in [0.15, 0.2) is 0 Å². The summed E-state index contributed by atoms with van der Waals surface area (Å²) in [7, 11) is 1.57. The molecule has 2 aliphatic rings. The van der Waals surface area contributed by atoms with Crippen molar-refractivity contribution in [3.05, 3.63) is 45.6 Å². The Balaban J connectivity index is 1.96. The first-order chi connectivity index (χ1) is 12.5. The predicted molar refractivity (Wildman–Crippen MR) is 94.0 cm³/mol. The Kier molecular flexibility index (Phi) is 5.32. The van der Waals surface area contributed by atoms with Crippen molar-refractivity contribution < 1.29 is 19.2 Å². The maximum atomic E-state index is 12.9. The zero-order valence-electron chi connectivity index (χ0n) is 14.6. The molecule has 2 aliphatic heterocycles. The molecule has 0 unspecified atom stereocenters. The van der Waals surface area contributed by atoms with Crippen LogP contribution in [0.15, 0.2) is 30.0 Å². The highest BCUT2D eigenvalue weighted by Gasteiger charge is 2.41. The molecule has 3 rings (SSSR count). The third-order valence-electron chi connectivity index (χ3n) is 4.66. The van der Waals surface area contributed by atoms with Crippen molar-refractivity contribution in [3.63, 3.8) is 0 Å². The Bertz CT molecular complexity index is 751. The second kappa shape index (κ2) is 7.65. The van der Waals surface area contributed by atoms with Gasteiger partial charge in [-0.1, -0.05) is 0 Å². The molecule has 0 spiro atoms. The summed E-state index contributed by atoms with van der Waals surface area (Å²) < 4.78 is 5.01. The number of hydrogen-bond donors (Lipinski definition) is 0. The fraction of sp³-hybridized carbons (Fsp3) is 0.444. The predicted octanol–water partition coefficient (Wildman–Crippen LogP) is 1.81. The van der Waals surface area contributed by atoms with Crippen molar-refractivity contribution in [2.75, 3.05) is 33.4 Å². The number of rotatable bonds is 7. The molecule has 138 valence electrons. The molecule has 0 bridgehead atoms. The summed E-state index contributed by atoms with van der Waals surface area (Å²) >= 11 is 0. The minimum atomic E-state index is -0.488. The number of benzene rings is 1. The van der Waals surface area contributed by atoms with Crippen LogP contribution in [-0.4, -0.2) is 59.9 Å². The van der Waals surface area contributed by atoms with Crippen LogP contribution in [-0.2, 0) is 14.3 Å². The lowest BCUT2D eigenvalue weighted by atomic mass is 10.0. The van der Waals surface area contributed by atoms with Gasteiger partial charge in [0.1, 0.15) is 5.70 Å². The van der Waals surface area contributed by atoms with E-state index in [0.29, 0.717) is 36.4 Å². The minimum absolute atomic E-state index is 0.0502. The molecule has 1 saturated heterocycles. The molecular weight excluding hydrogens is 338 g/mol. The first-order valence-electron chi connectivity index (χ1n) is 8.63. The van der Waals surface area contributed by atoms with Gasteiger partial charge in [0.25, 0.3) is 17.5 Å². The number of nitro benzene ring substituents is 1. The van der Waals surface area contributed by atoms with E-state index in [0.717, 1.165) is 25.9 Å². The van der Waals surface area contributed by atoms with Gasteiger partial charge in [-0.25, -0.2) is 0 Å². The van der Waals surface area contributed by atoms with E-state index in [1.165, 1.54) is 29.2 Å². The van der Waals surface area contributed by atoms with Gasteiger partial charge in [-0.05, 0) is 37.0 Å². The first-order valence-corrected chi connectivity index (χ1v) is 8.63. The quantitative estimate of drug-likeness (QED) is 0.319. The van der Waals surface area contributed by atoms with Crippen molar-refractivity contribution in [2.24, 2.45) is 0 Å². The van der Waals surface area contributed by atoms with Crippen molar-refractivity contribution in [1.82, 2.24) is 9.80 Å². The summed E-state index contributed by atoms with van der Waals surface area (Å²) in [4.78, 5) is 39.4. The maximum Gasteiger partial charge on any atom is 0.277 e. The van der Waals surface area contributed by atoms with Gasteiger partial charge < -0.3 is 9.64 Å². The average Bonchev–Trinajstić information content (AvgIpc) is 3.23. The Morgan fingerprint density at radius 2 is 1.77 bits per heavy atom. The third-order valence-corrected chi connectivity index (χ3v) is 4.66. The molecule has 1 fully saturated rings. The van der Waals surface area contributed by atoms with Crippen molar-refractivity contribution in [2.45, 2.75) is 19.3 Å². The smallest absolute Gasteiger partial charge is 0.277 e. The number of methoxy groups -OCH3 is 1. The molecular formula is C18H21N3O5. The number of imide groups is 1. The normalized spacial score (nSPS) is 17.6. The number of likely N-dealkylation sites (tertiary alicyclic amines) is 1. The van der Waals surface area contributed by atoms with Crippen LogP contribution in [0.5, 0.6) is 0 Å². The highest BCUT2D eigenvalue weighted by atomic mass is 16.6. The van der Waals surface area contributed by atoms with E-state index >= 15 is 0 Å². The Morgan fingerprint density at radius 3 is 2.35 bits per heavy atom. The second-order valence-corrected chi connectivity index (χ2v) is 6.33. The number of nitrogens with zero attached hydrogens (tertiary/aromatic N) is 3. The van der Waals surface area contributed by atoms with Crippen LogP contribution in [0.1, 0.15) is 24.8 Å². The number of hydrogen-bond acceptors (Lipinski definition) is 6. The molecule has 0 N–H and O–H groups in total. The molecule has 8 nitrogen and oxygen atoms in total. The Hall–Kier alpha value is -2.74. The molecule has 0 aliphatic carbocycles. The second-order valence-electron chi connectivity index (χ2n) is 6.33. The lowest BCUT2D eigenvalue weighted by Crippen LogP contribution is -2.35. The van der Waals surface area contributed by atoms with Crippen LogP contribution < -0.4 is 0 Å². The van der Waals surface area contributed by atoms with Crippen molar-refractivity contribution >= 4 is 23.1 Å². The fourth-order valence-corrected chi connectivity index (χ4v) is 3.38. The van der Waals surface area contributed by atoms with Crippen molar-refractivity contribution in [1.29, 1.82) is 0 Å². The number of ether oxygens (including phenoxy) is 1. The summed E-state index contributed by atoms with van der Waals surface area (Å²) in [6, 6.07) is 5.78. The van der Waals surface area contributed by atoms with Crippen molar-refractivity contribution in [3.8, 4) is 0 Å². The molecule has 2 heterocycles. The van der Waals surface area contributed by atoms with E-state index in [2.05, 4.69) is 0 Å².